The maximum Gasteiger partial charge on any atom is 0.255 e. The van der Waals surface area contributed by atoms with Crippen LogP contribution in [0.25, 0.3) is 0 Å². The minimum Gasteiger partial charge on any atom is -0.339 e. The molecule has 0 aromatic heterocycles. The van der Waals surface area contributed by atoms with E-state index < -0.39 is 17.3 Å². The fourth-order valence-corrected chi connectivity index (χ4v) is 4.99. The molecular weight excluding hydrogens is 459 g/mol. The first kappa shape index (κ1) is 22.4. The first-order valence-corrected chi connectivity index (χ1v) is 11.6. The highest BCUT2D eigenvalue weighted by Crippen LogP contribution is 2.40. The summed E-state index contributed by atoms with van der Waals surface area (Å²) < 4.78 is 14.9. The van der Waals surface area contributed by atoms with Crippen molar-refractivity contribution in [2.24, 2.45) is 5.92 Å². The number of likely N-dealkylation sites (tertiary alicyclic amines) is 1. The molecule has 174 valence electrons. The molecule has 0 N–H and O–H groups in total. The number of anilines is 1. The third kappa shape index (κ3) is 3.80. The molecule has 7 nitrogen and oxygen atoms in total. The topological polar surface area (TPSA) is 84.7 Å². The first-order chi connectivity index (χ1) is 16.3. The average molecular weight is 481 g/mol. The average Bonchev–Trinajstić information content (AvgIpc) is 3.59. The number of hydrogen-bond donors (Lipinski definition) is 0. The van der Waals surface area contributed by atoms with E-state index in [-0.39, 0.29) is 55.0 Å². The SMILES string of the molecule is N#Cc1ccc(N2CC(=O)N(Cc3ccc(Cl)cc3)C3(CCN(C(=O)C4CC4)C3)C2=O)c(F)c1. The van der Waals surface area contributed by atoms with Gasteiger partial charge in [0.1, 0.15) is 17.9 Å². The van der Waals surface area contributed by atoms with Crippen LogP contribution in [0.1, 0.15) is 30.4 Å². The summed E-state index contributed by atoms with van der Waals surface area (Å²) in [6.45, 7) is 0.286. The molecule has 1 saturated carbocycles. The van der Waals surface area contributed by atoms with Gasteiger partial charge in [-0.3, -0.25) is 19.3 Å². The molecular formula is C25H22ClFN4O3. The van der Waals surface area contributed by atoms with Gasteiger partial charge >= 0.3 is 0 Å². The van der Waals surface area contributed by atoms with E-state index in [0.29, 0.717) is 11.6 Å². The lowest BCUT2D eigenvalue weighted by atomic mass is 9.89. The molecule has 0 bridgehead atoms. The number of rotatable bonds is 4. The fraction of sp³-hybridized carbons (Fsp3) is 0.360. The van der Waals surface area contributed by atoms with E-state index in [1.54, 1.807) is 29.2 Å². The third-order valence-corrected chi connectivity index (χ3v) is 7.11. The van der Waals surface area contributed by atoms with Gasteiger partial charge in [-0.05, 0) is 55.2 Å². The second-order valence-corrected chi connectivity index (χ2v) is 9.53. The second kappa shape index (κ2) is 8.41. The van der Waals surface area contributed by atoms with Crippen LogP contribution in [0.15, 0.2) is 42.5 Å². The number of nitrogens with zero attached hydrogens (tertiary/aromatic N) is 4. The second-order valence-electron chi connectivity index (χ2n) is 9.09. The van der Waals surface area contributed by atoms with Gasteiger partial charge in [-0.1, -0.05) is 23.7 Å². The molecule has 2 aromatic carbocycles. The van der Waals surface area contributed by atoms with E-state index in [2.05, 4.69) is 0 Å². The van der Waals surface area contributed by atoms with Crippen LogP contribution in [0.2, 0.25) is 5.02 Å². The van der Waals surface area contributed by atoms with Crippen molar-refractivity contribution in [1.29, 1.82) is 5.26 Å². The molecule has 0 radical (unpaired) electrons. The number of hydrogen-bond acceptors (Lipinski definition) is 4. The summed E-state index contributed by atoms with van der Waals surface area (Å²) in [4.78, 5) is 44.5. The largest absolute Gasteiger partial charge is 0.339 e. The molecule has 2 saturated heterocycles. The van der Waals surface area contributed by atoms with E-state index in [9.17, 15) is 18.8 Å². The number of amides is 3. The van der Waals surface area contributed by atoms with Crippen LogP contribution in [0.3, 0.4) is 0 Å². The number of piperazine rings is 1. The van der Waals surface area contributed by atoms with Crippen molar-refractivity contribution in [1.82, 2.24) is 9.80 Å². The molecule has 2 aromatic rings. The smallest absolute Gasteiger partial charge is 0.255 e. The maximum absolute atomic E-state index is 14.9. The Hall–Kier alpha value is -3.44. The molecule has 3 fully saturated rings. The standard InChI is InChI=1S/C25H22ClFN4O3/c26-19-6-1-16(2-7-19)13-31-22(32)14-30(21-8-3-17(12-28)11-20(21)27)24(34)25(31)9-10-29(15-25)23(33)18-4-5-18/h1-3,6-8,11,18H,4-5,9-10,13-15H2. The van der Waals surface area contributed by atoms with Crippen molar-refractivity contribution in [2.45, 2.75) is 31.3 Å². The molecule has 1 unspecified atom stereocenters. The van der Waals surface area contributed by atoms with Crippen molar-refractivity contribution < 1.29 is 18.8 Å². The Morgan fingerprint density at radius 3 is 2.56 bits per heavy atom. The lowest BCUT2D eigenvalue weighted by Crippen LogP contribution is -2.69. The van der Waals surface area contributed by atoms with Crippen molar-refractivity contribution in [3.63, 3.8) is 0 Å². The van der Waals surface area contributed by atoms with Crippen LogP contribution in [0.5, 0.6) is 0 Å². The zero-order valence-corrected chi connectivity index (χ0v) is 19.1. The van der Waals surface area contributed by atoms with Gasteiger partial charge < -0.3 is 9.80 Å². The van der Waals surface area contributed by atoms with Crippen LogP contribution in [0.4, 0.5) is 10.1 Å². The van der Waals surface area contributed by atoms with Gasteiger partial charge in [-0.2, -0.15) is 5.26 Å². The molecule has 3 amide bonds. The van der Waals surface area contributed by atoms with Gasteiger partial charge in [-0.25, -0.2) is 4.39 Å². The fourth-order valence-electron chi connectivity index (χ4n) is 4.86. The summed E-state index contributed by atoms with van der Waals surface area (Å²) in [5, 5.41) is 9.60. The van der Waals surface area contributed by atoms with E-state index in [1.165, 1.54) is 17.0 Å². The minimum absolute atomic E-state index is 0.00486. The Kier molecular flexibility index (Phi) is 5.53. The van der Waals surface area contributed by atoms with E-state index in [1.807, 2.05) is 6.07 Å². The van der Waals surface area contributed by atoms with Crippen LogP contribution in [-0.2, 0) is 20.9 Å². The van der Waals surface area contributed by atoms with Gasteiger partial charge in [0.25, 0.3) is 5.91 Å². The van der Waals surface area contributed by atoms with Gasteiger partial charge in [0.2, 0.25) is 11.8 Å². The van der Waals surface area contributed by atoms with E-state index in [0.717, 1.165) is 29.4 Å². The van der Waals surface area contributed by atoms with Crippen LogP contribution >= 0.6 is 11.6 Å². The summed E-state index contributed by atoms with van der Waals surface area (Å²) in [5.74, 6) is -1.51. The maximum atomic E-state index is 14.9. The Bertz CT molecular complexity index is 1220. The number of halogens is 2. The molecule has 1 atom stereocenters. The lowest BCUT2D eigenvalue weighted by molar-refractivity contribution is -0.151. The Morgan fingerprint density at radius 1 is 1.18 bits per heavy atom. The molecule has 2 aliphatic heterocycles. The number of nitriles is 1. The van der Waals surface area contributed by atoms with Crippen LogP contribution in [0, 0.1) is 23.1 Å². The lowest BCUT2D eigenvalue weighted by Gasteiger charge is -2.47. The van der Waals surface area contributed by atoms with E-state index in [4.69, 9.17) is 16.9 Å². The first-order valence-electron chi connectivity index (χ1n) is 11.2. The molecule has 1 spiro atoms. The van der Waals surface area contributed by atoms with E-state index >= 15 is 0 Å². The number of carbonyl (C=O) groups excluding carboxylic acids is 3. The molecule has 5 rings (SSSR count). The Labute approximate surface area is 201 Å². The highest BCUT2D eigenvalue weighted by molar-refractivity contribution is 6.30. The molecule has 1 aliphatic carbocycles. The van der Waals surface area contributed by atoms with Gasteiger partial charge in [0.15, 0.2) is 0 Å². The molecule has 34 heavy (non-hydrogen) atoms. The third-order valence-electron chi connectivity index (χ3n) is 6.86. The molecule has 3 aliphatic rings. The quantitative estimate of drug-likeness (QED) is 0.673. The Morgan fingerprint density at radius 2 is 1.91 bits per heavy atom. The summed E-state index contributed by atoms with van der Waals surface area (Å²) in [6.07, 6.45) is 1.95. The highest BCUT2D eigenvalue weighted by atomic mass is 35.5. The monoisotopic (exact) mass is 480 g/mol. The van der Waals surface area contributed by atoms with Gasteiger partial charge in [0.05, 0.1) is 23.9 Å². The van der Waals surface area contributed by atoms with Crippen molar-refractivity contribution >= 4 is 35.0 Å². The van der Waals surface area contributed by atoms with Crippen molar-refractivity contribution in [3.8, 4) is 6.07 Å². The predicted molar refractivity (Wildman–Crippen MR) is 122 cm³/mol. The minimum atomic E-state index is -1.29. The van der Waals surface area contributed by atoms with Crippen molar-refractivity contribution in [3.05, 3.63) is 64.4 Å². The zero-order valence-electron chi connectivity index (χ0n) is 18.3. The van der Waals surface area contributed by atoms with Gasteiger partial charge in [-0.15, -0.1) is 0 Å². The summed E-state index contributed by atoms with van der Waals surface area (Å²) >= 11 is 6.00. The van der Waals surface area contributed by atoms with Crippen molar-refractivity contribution in [2.75, 3.05) is 24.5 Å². The normalized spacial score (nSPS) is 22.4. The summed E-state index contributed by atoms with van der Waals surface area (Å²) in [5.41, 5.74) is -0.414. The summed E-state index contributed by atoms with van der Waals surface area (Å²) in [7, 11) is 0. The summed E-state index contributed by atoms with van der Waals surface area (Å²) in [6, 6.07) is 12.7. The van der Waals surface area contributed by atoms with Crippen LogP contribution < -0.4 is 4.90 Å². The molecule has 2 heterocycles. The predicted octanol–water partition coefficient (Wildman–Crippen LogP) is 3.11. The Balaban J connectivity index is 1.52. The highest BCUT2D eigenvalue weighted by Gasteiger charge is 2.57. The van der Waals surface area contributed by atoms with Crippen LogP contribution in [-0.4, -0.2) is 52.7 Å². The van der Waals surface area contributed by atoms with Gasteiger partial charge in [0, 0.05) is 24.0 Å². The number of benzene rings is 2. The zero-order chi connectivity index (χ0) is 24.0. The molecule has 9 heteroatoms. The number of carbonyl (C=O) groups is 3.